The first-order valence-corrected chi connectivity index (χ1v) is 9.20. The lowest BCUT2D eigenvalue weighted by molar-refractivity contribution is 1.27. The second-order valence-electron chi connectivity index (χ2n) is 4.40. The summed E-state index contributed by atoms with van der Waals surface area (Å²) >= 11 is 7.29. The first-order valence-electron chi connectivity index (χ1n) is 5.94. The van der Waals surface area contributed by atoms with Crippen LogP contribution in [0.5, 0.6) is 0 Å². The molecule has 0 aliphatic carbocycles. The number of rotatable bonds is 0. The summed E-state index contributed by atoms with van der Waals surface area (Å²) < 4.78 is 2.69. The molecule has 0 amide bonds. The highest BCUT2D eigenvalue weighted by atomic mass is 32.2. The van der Waals surface area contributed by atoms with Gasteiger partial charge in [-0.15, -0.1) is 0 Å². The van der Waals surface area contributed by atoms with Gasteiger partial charge in [0.25, 0.3) is 0 Å². The predicted molar refractivity (Wildman–Crippen MR) is 92.2 cm³/mol. The minimum atomic E-state index is 0.825. The third-order valence-electron chi connectivity index (χ3n) is 2.91. The molecular weight excluding hydrogens is 324 g/mol. The maximum Gasteiger partial charge on any atom is 0.0706 e. The van der Waals surface area contributed by atoms with Gasteiger partial charge < -0.3 is 11.5 Å². The summed E-state index contributed by atoms with van der Waals surface area (Å²) in [6.07, 6.45) is 0. The number of hydrogen-bond acceptors (Lipinski definition) is 6. The molecule has 0 saturated carbocycles. The first-order chi connectivity index (χ1) is 9.69. The van der Waals surface area contributed by atoms with Gasteiger partial charge in [0, 0.05) is 31.0 Å². The lowest BCUT2D eigenvalue weighted by Gasteiger charge is -1.98. The molecule has 0 atom stereocenters. The van der Waals surface area contributed by atoms with Crippen molar-refractivity contribution in [2.24, 2.45) is 0 Å². The molecule has 0 aromatic heterocycles. The molecule has 0 bridgehead atoms. The Hall–Kier alpha value is -0.820. The molecule has 0 fully saturated rings. The second-order valence-corrected chi connectivity index (χ2v) is 9.12. The molecular formula is C14H10N2S4. The van der Waals surface area contributed by atoms with E-state index in [9.17, 15) is 0 Å². The van der Waals surface area contributed by atoms with Crippen molar-refractivity contribution in [2.45, 2.75) is 19.6 Å². The maximum absolute atomic E-state index is 5.85. The molecule has 2 heterocycles. The number of nitrogen functional groups attached to an aromatic ring is 2. The molecule has 0 unspecified atom stereocenters. The fraction of sp³-hybridized carbons (Fsp3) is 0. The van der Waals surface area contributed by atoms with Crippen molar-refractivity contribution in [1.82, 2.24) is 0 Å². The number of hydrogen-bond donors (Lipinski definition) is 2. The van der Waals surface area contributed by atoms with Crippen LogP contribution >= 0.6 is 47.0 Å². The summed E-state index contributed by atoms with van der Waals surface area (Å²) in [5.41, 5.74) is 13.4. The molecule has 2 aliphatic heterocycles. The fourth-order valence-electron chi connectivity index (χ4n) is 1.99. The van der Waals surface area contributed by atoms with Crippen LogP contribution in [0.3, 0.4) is 0 Å². The number of thioether (sulfide) groups is 4. The van der Waals surface area contributed by atoms with E-state index in [1.807, 2.05) is 59.2 Å². The molecule has 4 rings (SSSR count). The van der Waals surface area contributed by atoms with Crippen LogP contribution in [-0.2, 0) is 0 Å². The Balaban J connectivity index is 1.68. The number of benzene rings is 2. The lowest BCUT2D eigenvalue weighted by atomic mass is 10.3. The van der Waals surface area contributed by atoms with E-state index in [4.69, 9.17) is 11.5 Å². The van der Waals surface area contributed by atoms with E-state index in [0.29, 0.717) is 0 Å². The number of fused-ring (bicyclic) bond motifs is 2. The van der Waals surface area contributed by atoms with E-state index < -0.39 is 0 Å². The van der Waals surface area contributed by atoms with Gasteiger partial charge in [0.15, 0.2) is 0 Å². The van der Waals surface area contributed by atoms with E-state index in [-0.39, 0.29) is 0 Å². The Labute approximate surface area is 134 Å². The smallest absolute Gasteiger partial charge is 0.0706 e. The molecule has 2 nitrogen and oxygen atoms in total. The van der Waals surface area contributed by atoms with Crippen LogP contribution in [0.25, 0.3) is 0 Å². The molecule has 4 N–H and O–H groups in total. The van der Waals surface area contributed by atoms with Crippen molar-refractivity contribution in [1.29, 1.82) is 0 Å². The van der Waals surface area contributed by atoms with Crippen LogP contribution in [0, 0.1) is 0 Å². The number of anilines is 2. The van der Waals surface area contributed by atoms with Crippen LogP contribution in [0.1, 0.15) is 0 Å². The largest absolute Gasteiger partial charge is 0.399 e. The standard InChI is InChI=1S/C14H10N2S4/c15-7-1-3-9-11(5-7)19-13(17-9)14-18-10-4-2-8(16)6-12(10)20-14/h1-6H,15-16H2/b14-13-. The van der Waals surface area contributed by atoms with Gasteiger partial charge in [-0.1, -0.05) is 47.0 Å². The molecule has 100 valence electrons. The van der Waals surface area contributed by atoms with Crippen LogP contribution in [0.4, 0.5) is 11.4 Å². The van der Waals surface area contributed by atoms with Crippen LogP contribution < -0.4 is 11.5 Å². The van der Waals surface area contributed by atoms with Crippen molar-refractivity contribution in [2.75, 3.05) is 11.5 Å². The van der Waals surface area contributed by atoms with E-state index in [0.717, 1.165) is 11.4 Å². The van der Waals surface area contributed by atoms with Gasteiger partial charge in [0.2, 0.25) is 0 Å². The van der Waals surface area contributed by atoms with Gasteiger partial charge in [-0.25, -0.2) is 0 Å². The molecule has 0 saturated heterocycles. The highest BCUT2D eigenvalue weighted by Gasteiger charge is 2.26. The van der Waals surface area contributed by atoms with Crippen LogP contribution in [-0.4, -0.2) is 0 Å². The summed E-state index contributed by atoms with van der Waals surface area (Å²) in [4.78, 5) is 5.11. The summed E-state index contributed by atoms with van der Waals surface area (Å²) in [5.74, 6) is 0. The zero-order valence-corrected chi connectivity index (χ0v) is 13.5. The maximum atomic E-state index is 5.85. The fourth-order valence-corrected chi connectivity index (χ4v) is 7.35. The molecule has 0 radical (unpaired) electrons. The van der Waals surface area contributed by atoms with Gasteiger partial charge in [0.1, 0.15) is 0 Å². The quantitative estimate of drug-likeness (QED) is 0.656. The summed E-state index contributed by atoms with van der Waals surface area (Å²) in [6.45, 7) is 0. The van der Waals surface area contributed by atoms with Gasteiger partial charge in [-0.3, -0.25) is 0 Å². The Bertz CT molecular complexity index is 691. The van der Waals surface area contributed by atoms with Crippen LogP contribution in [0.2, 0.25) is 0 Å². The van der Waals surface area contributed by atoms with Crippen molar-refractivity contribution >= 4 is 58.4 Å². The van der Waals surface area contributed by atoms with Crippen molar-refractivity contribution in [3.8, 4) is 0 Å². The van der Waals surface area contributed by atoms with Crippen molar-refractivity contribution in [3.63, 3.8) is 0 Å². The van der Waals surface area contributed by atoms with Gasteiger partial charge >= 0.3 is 0 Å². The Kier molecular flexibility index (Phi) is 3.14. The number of nitrogens with two attached hydrogens (primary N) is 2. The SMILES string of the molecule is Nc1ccc2c(c1)S/C(=C1/Sc3ccc(N)cc3S1)S2. The molecule has 2 aromatic rings. The zero-order valence-electron chi connectivity index (χ0n) is 10.3. The minimum Gasteiger partial charge on any atom is -0.399 e. The molecule has 2 aliphatic rings. The average Bonchev–Trinajstić information content (AvgIpc) is 3.00. The third-order valence-corrected chi connectivity index (χ3v) is 8.51. The summed E-state index contributed by atoms with van der Waals surface area (Å²) in [7, 11) is 0. The zero-order chi connectivity index (χ0) is 13.7. The monoisotopic (exact) mass is 334 g/mol. The molecule has 0 spiro atoms. The first kappa shape index (κ1) is 12.9. The van der Waals surface area contributed by atoms with E-state index in [1.54, 1.807) is 0 Å². The van der Waals surface area contributed by atoms with Crippen molar-refractivity contribution in [3.05, 3.63) is 44.9 Å². The van der Waals surface area contributed by atoms with E-state index in [1.165, 1.54) is 28.1 Å². The normalized spacial score (nSPS) is 20.0. The van der Waals surface area contributed by atoms with Gasteiger partial charge in [-0.05, 0) is 36.4 Å². The van der Waals surface area contributed by atoms with Crippen molar-refractivity contribution < 1.29 is 0 Å². The Morgan fingerprint density at radius 3 is 1.40 bits per heavy atom. The summed E-state index contributed by atoms with van der Waals surface area (Å²) in [6, 6.07) is 12.2. The predicted octanol–water partition coefficient (Wildman–Crippen LogP) is 5.07. The Morgan fingerprint density at radius 1 is 0.550 bits per heavy atom. The summed E-state index contributed by atoms with van der Waals surface area (Å²) in [5, 5.41) is 0. The van der Waals surface area contributed by atoms with Crippen LogP contribution in [0.15, 0.2) is 64.5 Å². The van der Waals surface area contributed by atoms with E-state index in [2.05, 4.69) is 24.3 Å². The van der Waals surface area contributed by atoms with Gasteiger partial charge in [-0.2, -0.15) is 0 Å². The Morgan fingerprint density at radius 2 is 0.950 bits per heavy atom. The highest BCUT2D eigenvalue weighted by Crippen LogP contribution is 2.61. The average molecular weight is 335 g/mol. The second kappa shape index (κ2) is 4.87. The molecule has 2 aromatic carbocycles. The highest BCUT2D eigenvalue weighted by molar-refractivity contribution is 8.30. The topological polar surface area (TPSA) is 52.0 Å². The van der Waals surface area contributed by atoms with Gasteiger partial charge in [0.05, 0.1) is 8.47 Å². The molecule has 20 heavy (non-hydrogen) atoms. The van der Waals surface area contributed by atoms with E-state index >= 15 is 0 Å². The lowest BCUT2D eigenvalue weighted by Crippen LogP contribution is -1.83. The third kappa shape index (κ3) is 2.20. The minimum absolute atomic E-state index is 0.825. The molecule has 6 heteroatoms.